The van der Waals surface area contributed by atoms with Crippen LogP contribution in [0, 0.1) is 13.8 Å². The van der Waals surface area contributed by atoms with Crippen LogP contribution in [-0.4, -0.2) is 79.8 Å². The maximum Gasteiger partial charge on any atom is 0.159 e. The van der Waals surface area contributed by atoms with E-state index in [-0.39, 0.29) is 0 Å². The van der Waals surface area contributed by atoms with E-state index in [1.165, 1.54) is 17.5 Å². The number of aliphatic hydroxyl groups is 1. The Morgan fingerprint density at radius 2 is 1.75 bits per heavy atom. The van der Waals surface area contributed by atoms with Crippen molar-refractivity contribution in [2.45, 2.75) is 82.5 Å². The summed E-state index contributed by atoms with van der Waals surface area (Å²) in [5.74, 6) is 3.10. The molecule has 4 fully saturated rings. The molecular formula is C28H36N6O2. The summed E-state index contributed by atoms with van der Waals surface area (Å²) < 4.78 is 7.43. The molecule has 1 N–H and O–H groups in total. The molecule has 36 heavy (non-hydrogen) atoms. The quantitative estimate of drug-likeness (QED) is 0.602. The van der Waals surface area contributed by atoms with Gasteiger partial charge in [-0.2, -0.15) is 5.10 Å². The Hall–Kier alpha value is -2.55. The smallest absolute Gasteiger partial charge is 0.159 e. The molecule has 2 unspecified atom stereocenters. The third-order valence-electron chi connectivity index (χ3n) is 9.15. The van der Waals surface area contributed by atoms with Crippen LogP contribution in [0.1, 0.15) is 61.9 Å². The summed E-state index contributed by atoms with van der Waals surface area (Å²) in [6.07, 6.45) is 6.90. The number of hydrogen-bond acceptors (Lipinski definition) is 7. The van der Waals surface area contributed by atoms with E-state index in [0.717, 1.165) is 80.3 Å². The molecule has 5 heterocycles. The average molecular weight is 489 g/mol. The Bertz CT molecular complexity index is 1300. The first-order valence-corrected chi connectivity index (χ1v) is 13.5. The Kier molecular flexibility index (Phi) is 5.17. The van der Waals surface area contributed by atoms with Crippen molar-refractivity contribution < 1.29 is 9.84 Å². The third-order valence-corrected chi connectivity index (χ3v) is 9.15. The fraction of sp³-hybridized carbons (Fsp3) is 0.607. The van der Waals surface area contributed by atoms with E-state index in [2.05, 4.69) is 34.9 Å². The Morgan fingerprint density at radius 3 is 2.44 bits per heavy atom. The van der Waals surface area contributed by atoms with Gasteiger partial charge in [0.1, 0.15) is 11.6 Å². The van der Waals surface area contributed by atoms with E-state index >= 15 is 0 Å². The molecule has 7 rings (SSSR count). The highest BCUT2D eigenvalue weighted by atomic mass is 16.5. The van der Waals surface area contributed by atoms with Crippen molar-refractivity contribution in [3.63, 3.8) is 0 Å². The van der Waals surface area contributed by atoms with Gasteiger partial charge in [0.05, 0.1) is 36.6 Å². The van der Waals surface area contributed by atoms with Crippen LogP contribution in [0.25, 0.3) is 16.7 Å². The van der Waals surface area contributed by atoms with E-state index in [4.69, 9.17) is 19.8 Å². The summed E-state index contributed by atoms with van der Waals surface area (Å²) in [7, 11) is 0. The number of fused-ring (bicyclic) bond motifs is 3. The molecule has 4 aliphatic rings. The minimum absolute atomic E-state index is 0.477. The lowest BCUT2D eigenvalue weighted by atomic mass is 9.76. The largest absolute Gasteiger partial charge is 0.390 e. The molecular weight excluding hydrogens is 452 g/mol. The fourth-order valence-corrected chi connectivity index (χ4v) is 7.01. The molecule has 3 aromatic rings. The average Bonchev–Trinajstić information content (AvgIpc) is 3.51. The van der Waals surface area contributed by atoms with E-state index in [1.807, 2.05) is 24.7 Å². The van der Waals surface area contributed by atoms with Gasteiger partial charge in [-0.15, -0.1) is 0 Å². The lowest BCUT2D eigenvalue weighted by molar-refractivity contribution is -0.0708. The first-order valence-electron chi connectivity index (χ1n) is 13.5. The SMILES string of the molecule is Cc1nc(N2CC3CC2CN3C2COC2)cc(-n2ncc3cc(C)c([C@H]4CC[C@](C)(O)CC4)cc32)n1. The number of piperazine rings is 1. The van der Waals surface area contributed by atoms with Crippen LogP contribution in [0.15, 0.2) is 24.4 Å². The molecule has 0 radical (unpaired) electrons. The number of anilines is 1. The number of benzene rings is 1. The number of hydrogen-bond donors (Lipinski definition) is 1. The van der Waals surface area contributed by atoms with Gasteiger partial charge in [0, 0.05) is 36.6 Å². The third kappa shape index (κ3) is 3.73. The summed E-state index contributed by atoms with van der Waals surface area (Å²) in [5, 5.41) is 16.3. The van der Waals surface area contributed by atoms with E-state index in [0.29, 0.717) is 24.0 Å². The van der Waals surface area contributed by atoms with E-state index in [1.54, 1.807) is 0 Å². The van der Waals surface area contributed by atoms with Crippen molar-refractivity contribution in [3.8, 4) is 5.82 Å². The highest BCUT2D eigenvalue weighted by molar-refractivity contribution is 5.82. The number of nitrogens with zero attached hydrogens (tertiary/aromatic N) is 6. The second-order valence-electron chi connectivity index (χ2n) is 11.8. The van der Waals surface area contributed by atoms with Crippen LogP contribution < -0.4 is 4.90 Å². The number of likely N-dealkylation sites (tertiary alicyclic amines) is 1. The van der Waals surface area contributed by atoms with Crippen LogP contribution in [0.5, 0.6) is 0 Å². The molecule has 2 aromatic heterocycles. The summed E-state index contributed by atoms with van der Waals surface area (Å²) in [6.45, 7) is 10.0. The molecule has 0 spiro atoms. The van der Waals surface area contributed by atoms with Crippen LogP contribution in [-0.2, 0) is 4.74 Å². The van der Waals surface area contributed by atoms with E-state index < -0.39 is 5.60 Å². The predicted molar refractivity (Wildman–Crippen MR) is 139 cm³/mol. The van der Waals surface area contributed by atoms with Gasteiger partial charge < -0.3 is 14.7 Å². The second-order valence-corrected chi connectivity index (χ2v) is 11.8. The Balaban J connectivity index is 1.20. The topological polar surface area (TPSA) is 79.5 Å². The van der Waals surface area contributed by atoms with Gasteiger partial charge in [0.2, 0.25) is 0 Å². The number of aromatic nitrogens is 4. The molecule has 2 atom stereocenters. The van der Waals surface area contributed by atoms with Crippen molar-refractivity contribution in [2.75, 3.05) is 31.2 Å². The zero-order valence-corrected chi connectivity index (χ0v) is 21.5. The van der Waals surface area contributed by atoms with Gasteiger partial charge in [-0.05, 0) is 82.1 Å². The molecule has 8 nitrogen and oxygen atoms in total. The highest BCUT2D eigenvalue weighted by Gasteiger charge is 2.47. The van der Waals surface area contributed by atoms with Crippen LogP contribution in [0.4, 0.5) is 5.82 Å². The Morgan fingerprint density at radius 1 is 0.972 bits per heavy atom. The zero-order chi connectivity index (χ0) is 24.6. The molecule has 3 saturated heterocycles. The number of rotatable bonds is 4. The van der Waals surface area contributed by atoms with Crippen LogP contribution in [0.2, 0.25) is 0 Å². The van der Waals surface area contributed by atoms with Gasteiger partial charge in [0.15, 0.2) is 5.82 Å². The van der Waals surface area contributed by atoms with Crippen molar-refractivity contribution in [2.24, 2.45) is 0 Å². The molecule has 0 amide bonds. The minimum Gasteiger partial charge on any atom is -0.390 e. The van der Waals surface area contributed by atoms with Crippen LogP contribution >= 0.6 is 0 Å². The summed E-state index contributed by atoms with van der Waals surface area (Å²) >= 11 is 0. The van der Waals surface area contributed by atoms with Crippen molar-refractivity contribution in [1.82, 2.24) is 24.6 Å². The first kappa shape index (κ1) is 22.6. The van der Waals surface area contributed by atoms with Gasteiger partial charge in [-0.3, -0.25) is 4.90 Å². The predicted octanol–water partition coefficient (Wildman–Crippen LogP) is 3.50. The molecule has 3 aliphatic heterocycles. The summed E-state index contributed by atoms with van der Waals surface area (Å²) in [6, 6.07) is 8.39. The van der Waals surface area contributed by atoms with Crippen molar-refractivity contribution in [1.29, 1.82) is 0 Å². The molecule has 1 aliphatic carbocycles. The van der Waals surface area contributed by atoms with E-state index in [9.17, 15) is 5.11 Å². The summed E-state index contributed by atoms with van der Waals surface area (Å²) in [5.41, 5.74) is 3.25. The molecule has 190 valence electrons. The fourth-order valence-electron chi connectivity index (χ4n) is 7.01. The van der Waals surface area contributed by atoms with Crippen molar-refractivity contribution in [3.05, 3.63) is 41.3 Å². The van der Waals surface area contributed by atoms with Gasteiger partial charge >= 0.3 is 0 Å². The first-order chi connectivity index (χ1) is 17.3. The molecule has 1 aromatic carbocycles. The molecule has 8 heteroatoms. The van der Waals surface area contributed by atoms with Gasteiger partial charge in [0.25, 0.3) is 0 Å². The normalized spacial score (nSPS) is 30.9. The van der Waals surface area contributed by atoms with Gasteiger partial charge in [-0.25, -0.2) is 14.6 Å². The minimum atomic E-state index is -0.525. The van der Waals surface area contributed by atoms with Crippen LogP contribution in [0.3, 0.4) is 0 Å². The second kappa shape index (κ2) is 8.23. The number of aryl methyl sites for hydroxylation is 2. The maximum absolute atomic E-state index is 10.4. The van der Waals surface area contributed by atoms with Gasteiger partial charge in [-0.1, -0.05) is 0 Å². The molecule has 1 saturated carbocycles. The highest BCUT2D eigenvalue weighted by Crippen LogP contribution is 2.40. The number of ether oxygens (including phenoxy) is 1. The zero-order valence-electron chi connectivity index (χ0n) is 21.5. The monoisotopic (exact) mass is 488 g/mol. The molecule has 2 bridgehead atoms. The van der Waals surface area contributed by atoms with Crippen molar-refractivity contribution >= 4 is 16.7 Å². The lowest BCUT2D eigenvalue weighted by Gasteiger charge is -2.42. The Labute approximate surface area is 212 Å². The summed E-state index contributed by atoms with van der Waals surface area (Å²) in [4.78, 5) is 14.8. The lowest BCUT2D eigenvalue weighted by Crippen LogP contribution is -2.57. The standard InChI is InChI=1S/C28H36N6O2/c1-17-8-20-12-29-34(25(20)10-24(17)19-4-6-28(3,35)7-5-19)27-11-26(30-18(2)31-27)33-14-21-9-22(33)13-32(21)23-15-36-16-23/h8,10-12,19,21-23,35H,4-7,9,13-16H2,1-3H3/t19-,21?,22?,28-. The maximum atomic E-state index is 10.4.